The number of nitrogens with one attached hydrogen (secondary N) is 1. The van der Waals surface area contributed by atoms with E-state index < -0.39 is 9.84 Å². The van der Waals surface area contributed by atoms with Gasteiger partial charge >= 0.3 is 0 Å². The van der Waals surface area contributed by atoms with E-state index in [2.05, 4.69) is 26.1 Å². The van der Waals surface area contributed by atoms with Crippen LogP contribution in [-0.2, 0) is 9.84 Å². The van der Waals surface area contributed by atoms with Crippen molar-refractivity contribution in [2.75, 3.05) is 6.54 Å². The fourth-order valence-corrected chi connectivity index (χ4v) is 4.17. The van der Waals surface area contributed by atoms with Gasteiger partial charge in [0.15, 0.2) is 9.84 Å². The number of hydrogen-bond acceptors (Lipinski definition) is 3. The molecule has 1 N–H and O–H groups in total. The second kappa shape index (κ2) is 5.70. The van der Waals surface area contributed by atoms with E-state index in [1.54, 1.807) is 0 Å². The number of hydrogen-bond donors (Lipinski definition) is 1. The topological polar surface area (TPSA) is 46.2 Å². The van der Waals surface area contributed by atoms with Crippen LogP contribution >= 0.6 is 0 Å². The zero-order valence-corrected chi connectivity index (χ0v) is 12.4. The van der Waals surface area contributed by atoms with Gasteiger partial charge in [-0.15, -0.1) is 0 Å². The molecule has 1 aliphatic carbocycles. The first-order chi connectivity index (χ1) is 7.79. The Labute approximate surface area is 106 Å². The van der Waals surface area contributed by atoms with Crippen LogP contribution in [0.1, 0.15) is 59.8 Å². The zero-order valence-electron chi connectivity index (χ0n) is 11.6. The molecule has 1 atom stereocenters. The van der Waals surface area contributed by atoms with Gasteiger partial charge in [0.1, 0.15) is 0 Å². The molecule has 1 fully saturated rings. The summed E-state index contributed by atoms with van der Waals surface area (Å²) >= 11 is 0. The fourth-order valence-electron chi connectivity index (χ4n) is 2.21. The van der Waals surface area contributed by atoms with Gasteiger partial charge < -0.3 is 5.32 Å². The van der Waals surface area contributed by atoms with Crippen LogP contribution in [0.4, 0.5) is 0 Å². The second-order valence-corrected chi connectivity index (χ2v) is 8.57. The van der Waals surface area contributed by atoms with Crippen molar-refractivity contribution in [3.05, 3.63) is 0 Å². The lowest BCUT2D eigenvalue weighted by molar-refractivity contribution is 0.376. The van der Waals surface area contributed by atoms with Gasteiger partial charge in [-0.1, -0.05) is 19.8 Å². The number of sulfone groups is 1. The van der Waals surface area contributed by atoms with E-state index in [0.717, 1.165) is 32.1 Å². The zero-order chi connectivity index (χ0) is 13.1. The highest BCUT2D eigenvalue weighted by Gasteiger charge is 2.33. The Bertz CT molecular complexity index is 329. The molecule has 1 saturated carbocycles. The normalized spacial score (nSPS) is 20.7. The maximum Gasteiger partial charge on any atom is 0.156 e. The molecule has 0 aliphatic heterocycles. The average molecular weight is 261 g/mol. The minimum absolute atomic E-state index is 0.0272. The summed E-state index contributed by atoms with van der Waals surface area (Å²) in [5, 5.41) is 3.01. The van der Waals surface area contributed by atoms with Crippen molar-refractivity contribution < 1.29 is 8.42 Å². The largest absolute Gasteiger partial charge is 0.311 e. The van der Waals surface area contributed by atoms with E-state index in [0.29, 0.717) is 6.54 Å². The van der Waals surface area contributed by atoms with E-state index >= 15 is 0 Å². The highest BCUT2D eigenvalue weighted by Crippen LogP contribution is 2.27. The van der Waals surface area contributed by atoms with Gasteiger partial charge in [0, 0.05) is 12.1 Å². The summed E-state index contributed by atoms with van der Waals surface area (Å²) < 4.78 is 24.6. The van der Waals surface area contributed by atoms with Crippen molar-refractivity contribution in [3.8, 4) is 0 Å². The molecule has 3 nitrogen and oxygen atoms in total. The summed E-state index contributed by atoms with van der Waals surface area (Å²) in [7, 11) is -2.93. The van der Waals surface area contributed by atoms with Crippen LogP contribution in [0.25, 0.3) is 0 Å². The first kappa shape index (κ1) is 15.0. The van der Waals surface area contributed by atoms with Crippen LogP contribution in [-0.4, -0.2) is 31.0 Å². The summed E-state index contributed by atoms with van der Waals surface area (Å²) in [5.74, 6) is 0. The van der Waals surface area contributed by atoms with Crippen molar-refractivity contribution in [2.45, 2.75) is 75.8 Å². The summed E-state index contributed by atoms with van der Waals surface area (Å²) in [6, 6.07) is 0. The summed E-state index contributed by atoms with van der Waals surface area (Å²) in [6.07, 6.45) is 4.88. The van der Waals surface area contributed by atoms with E-state index in [4.69, 9.17) is 0 Å². The lowest BCUT2D eigenvalue weighted by Gasteiger charge is -2.27. The van der Waals surface area contributed by atoms with Crippen molar-refractivity contribution in [2.24, 2.45) is 0 Å². The average Bonchev–Trinajstić information content (AvgIpc) is 2.79. The SMILES string of the molecule is CCC(C)(C)NCC(C)S(=O)(=O)C1CCCC1. The first-order valence-corrected chi connectivity index (χ1v) is 8.38. The van der Waals surface area contributed by atoms with Crippen molar-refractivity contribution in [3.63, 3.8) is 0 Å². The molecule has 0 bridgehead atoms. The highest BCUT2D eigenvalue weighted by molar-refractivity contribution is 7.92. The van der Waals surface area contributed by atoms with E-state index in [9.17, 15) is 8.42 Å². The smallest absolute Gasteiger partial charge is 0.156 e. The van der Waals surface area contributed by atoms with Gasteiger partial charge in [-0.05, 0) is 40.0 Å². The Morgan fingerprint density at radius 1 is 1.29 bits per heavy atom. The van der Waals surface area contributed by atoms with Crippen molar-refractivity contribution in [1.82, 2.24) is 5.32 Å². The first-order valence-electron chi connectivity index (χ1n) is 6.77. The molecule has 0 heterocycles. The summed E-state index contributed by atoms with van der Waals surface area (Å²) in [6.45, 7) is 8.75. The predicted octanol–water partition coefficient (Wildman–Crippen LogP) is 2.51. The molecule has 1 aliphatic rings. The minimum Gasteiger partial charge on any atom is -0.311 e. The van der Waals surface area contributed by atoms with Crippen molar-refractivity contribution in [1.29, 1.82) is 0 Å². The molecule has 0 aromatic rings. The molecule has 0 aromatic carbocycles. The third-order valence-electron chi connectivity index (χ3n) is 4.08. The third kappa shape index (κ3) is 3.95. The van der Waals surface area contributed by atoms with Gasteiger partial charge in [-0.2, -0.15) is 0 Å². The van der Waals surface area contributed by atoms with Gasteiger partial charge in [0.25, 0.3) is 0 Å². The molecule has 0 amide bonds. The van der Waals surface area contributed by atoms with Crippen LogP contribution in [0.3, 0.4) is 0 Å². The Kier molecular flexibility index (Phi) is 5.02. The van der Waals surface area contributed by atoms with Crippen LogP contribution < -0.4 is 5.32 Å². The third-order valence-corrected chi connectivity index (χ3v) is 6.77. The fraction of sp³-hybridized carbons (Fsp3) is 1.00. The Hall–Kier alpha value is -0.0900. The van der Waals surface area contributed by atoms with Gasteiger partial charge in [-0.25, -0.2) is 8.42 Å². The van der Waals surface area contributed by atoms with Gasteiger partial charge in [0.2, 0.25) is 0 Å². The standard InChI is InChI=1S/C13H27NO2S/c1-5-13(3,4)14-10-11(2)17(15,16)12-8-6-7-9-12/h11-12,14H,5-10H2,1-4H3. The molecule has 0 spiro atoms. The maximum atomic E-state index is 12.3. The molecule has 17 heavy (non-hydrogen) atoms. The van der Waals surface area contributed by atoms with Crippen LogP contribution in [0.2, 0.25) is 0 Å². The second-order valence-electron chi connectivity index (χ2n) is 5.92. The van der Waals surface area contributed by atoms with Crippen LogP contribution in [0, 0.1) is 0 Å². The van der Waals surface area contributed by atoms with E-state index in [1.165, 1.54) is 0 Å². The quantitative estimate of drug-likeness (QED) is 0.799. The molecular weight excluding hydrogens is 234 g/mol. The van der Waals surface area contributed by atoms with E-state index in [1.807, 2.05) is 6.92 Å². The van der Waals surface area contributed by atoms with Crippen LogP contribution in [0.15, 0.2) is 0 Å². The molecular formula is C13H27NO2S. The Balaban J connectivity index is 2.54. The van der Waals surface area contributed by atoms with E-state index in [-0.39, 0.29) is 16.0 Å². The van der Waals surface area contributed by atoms with Crippen molar-refractivity contribution >= 4 is 9.84 Å². The maximum absolute atomic E-state index is 12.3. The molecule has 4 heteroatoms. The van der Waals surface area contributed by atoms with Gasteiger partial charge in [-0.3, -0.25) is 0 Å². The Morgan fingerprint density at radius 3 is 2.29 bits per heavy atom. The lowest BCUT2D eigenvalue weighted by Crippen LogP contribution is -2.45. The van der Waals surface area contributed by atoms with Gasteiger partial charge in [0.05, 0.1) is 10.5 Å². The number of rotatable bonds is 6. The molecule has 0 aromatic heterocycles. The molecule has 102 valence electrons. The summed E-state index contributed by atoms with van der Waals surface area (Å²) in [4.78, 5) is 0. The minimum atomic E-state index is -2.93. The lowest BCUT2D eigenvalue weighted by atomic mass is 10.0. The molecule has 0 radical (unpaired) electrons. The molecule has 0 saturated heterocycles. The molecule has 1 rings (SSSR count). The Morgan fingerprint density at radius 2 is 1.82 bits per heavy atom. The highest BCUT2D eigenvalue weighted by atomic mass is 32.2. The van der Waals surface area contributed by atoms with Crippen LogP contribution in [0.5, 0.6) is 0 Å². The predicted molar refractivity (Wildman–Crippen MR) is 73.0 cm³/mol. The monoisotopic (exact) mass is 261 g/mol. The molecule has 1 unspecified atom stereocenters. The summed E-state index contributed by atoms with van der Waals surface area (Å²) in [5.41, 5.74) is 0.0272.